The summed E-state index contributed by atoms with van der Waals surface area (Å²) in [6.45, 7) is 0.560. The van der Waals surface area contributed by atoms with Gasteiger partial charge in [-0.15, -0.1) is 0 Å². The predicted molar refractivity (Wildman–Crippen MR) is 110 cm³/mol. The summed E-state index contributed by atoms with van der Waals surface area (Å²) >= 11 is 0. The molecule has 0 fully saturated rings. The Labute approximate surface area is 161 Å². The molecule has 140 valence electrons. The Morgan fingerprint density at radius 2 is 1.93 bits per heavy atom. The number of rotatable bonds is 6. The minimum Gasteiger partial charge on any atom is -0.497 e. The summed E-state index contributed by atoms with van der Waals surface area (Å²) in [7, 11) is 1.60. The van der Waals surface area contributed by atoms with E-state index in [0.29, 0.717) is 35.6 Å². The van der Waals surface area contributed by atoms with Gasteiger partial charge in [-0.2, -0.15) is 0 Å². The number of fused-ring (bicyclic) bond motifs is 1. The number of nitrogens with one attached hydrogen (secondary N) is 2. The minimum absolute atomic E-state index is 0.326. The molecule has 1 aromatic carbocycles. The van der Waals surface area contributed by atoms with E-state index < -0.39 is 0 Å². The lowest BCUT2D eigenvalue weighted by molar-refractivity contribution is 0.414. The molecule has 0 aliphatic heterocycles. The number of pyridine rings is 2. The summed E-state index contributed by atoms with van der Waals surface area (Å²) in [6, 6.07) is 13.6. The van der Waals surface area contributed by atoms with Crippen molar-refractivity contribution in [2.75, 3.05) is 23.5 Å². The highest BCUT2D eigenvalue weighted by Gasteiger charge is 2.07. The molecule has 0 radical (unpaired) electrons. The highest BCUT2D eigenvalue weighted by atomic mass is 16.5. The first-order chi connectivity index (χ1) is 13.7. The Kier molecular flexibility index (Phi) is 4.83. The third kappa shape index (κ3) is 3.90. The normalized spacial score (nSPS) is 10.6. The van der Waals surface area contributed by atoms with Gasteiger partial charge in [0.05, 0.1) is 18.8 Å². The summed E-state index contributed by atoms with van der Waals surface area (Å²) in [4.78, 5) is 17.3. The zero-order valence-corrected chi connectivity index (χ0v) is 15.3. The molecular weight excluding hydrogens is 354 g/mol. The van der Waals surface area contributed by atoms with Crippen LogP contribution in [0, 0.1) is 0 Å². The van der Waals surface area contributed by atoms with Crippen LogP contribution in [0.3, 0.4) is 0 Å². The monoisotopic (exact) mass is 373 g/mol. The Morgan fingerprint density at radius 1 is 1.00 bits per heavy atom. The second kappa shape index (κ2) is 7.75. The zero-order chi connectivity index (χ0) is 19.3. The number of hydrogen-bond acceptors (Lipinski definition) is 8. The molecule has 0 saturated carbocycles. The van der Waals surface area contributed by atoms with E-state index in [1.165, 1.54) is 0 Å². The van der Waals surface area contributed by atoms with Gasteiger partial charge in [0.15, 0.2) is 17.5 Å². The number of aromatic nitrogens is 4. The van der Waals surface area contributed by atoms with Crippen LogP contribution in [-0.4, -0.2) is 27.0 Å². The molecular formula is C20H19N7O. The van der Waals surface area contributed by atoms with E-state index in [1.54, 1.807) is 37.8 Å². The van der Waals surface area contributed by atoms with Crippen molar-refractivity contribution in [1.29, 1.82) is 0 Å². The second-order valence-electron chi connectivity index (χ2n) is 6.08. The molecule has 0 amide bonds. The van der Waals surface area contributed by atoms with Gasteiger partial charge in [-0.1, -0.05) is 12.1 Å². The molecule has 28 heavy (non-hydrogen) atoms. The van der Waals surface area contributed by atoms with Crippen LogP contribution in [0.25, 0.3) is 10.9 Å². The van der Waals surface area contributed by atoms with E-state index in [2.05, 4.69) is 36.6 Å². The van der Waals surface area contributed by atoms with Crippen LogP contribution in [0.5, 0.6) is 5.75 Å². The Balaban J connectivity index is 1.50. The van der Waals surface area contributed by atoms with E-state index in [-0.39, 0.29) is 0 Å². The predicted octanol–water partition coefficient (Wildman–Crippen LogP) is 3.37. The summed E-state index contributed by atoms with van der Waals surface area (Å²) in [5.41, 5.74) is 8.03. The molecule has 0 bridgehead atoms. The van der Waals surface area contributed by atoms with Crippen molar-refractivity contribution in [3.63, 3.8) is 0 Å². The number of nitrogen functional groups attached to an aromatic ring is 1. The Hall–Kier alpha value is -3.94. The smallest absolute Gasteiger partial charge is 0.171 e. The van der Waals surface area contributed by atoms with Gasteiger partial charge in [-0.05, 0) is 29.8 Å². The average molecular weight is 373 g/mol. The molecule has 8 heteroatoms. The van der Waals surface area contributed by atoms with Crippen LogP contribution in [0.2, 0.25) is 0 Å². The van der Waals surface area contributed by atoms with Gasteiger partial charge in [0.25, 0.3) is 0 Å². The van der Waals surface area contributed by atoms with Crippen LogP contribution in [0.1, 0.15) is 5.56 Å². The van der Waals surface area contributed by atoms with Crippen LogP contribution < -0.4 is 21.1 Å². The van der Waals surface area contributed by atoms with Gasteiger partial charge in [-0.25, -0.2) is 15.0 Å². The van der Waals surface area contributed by atoms with Crippen molar-refractivity contribution in [3.05, 3.63) is 66.6 Å². The number of ether oxygens (including phenoxy) is 1. The van der Waals surface area contributed by atoms with Crippen molar-refractivity contribution in [3.8, 4) is 5.75 Å². The molecule has 0 atom stereocenters. The molecule has 4 rings (SSSR count). The molecule has 0 spiro atoms. The number of anilines is 4. The number of benzene rings is 1. The van der Waals surface area contributed by atoms with Gasteiger partial charge >= 0.3 is 0 Å². The van der Waals surface area contributed by atoms with Gasteiger partial charge in [0.2, 0.25) is 0 Å². The third-order valence-corrected chi connectivity index (χ3v) is 4.15. The van der Waals surface area contributed by atoms with Gasteiger partial charge in [0, 0.05) is 30.4 Å². The van der Waals surface area contributed by atoms with Crippen LogP contribution in [0.15, 0.2) is 61.1 Å². The first-order valence-corrected chi connectivity index (χ1v) is 8.68. The lowest BCUT2D eigenvalue weighted by Crippen LogP contribution is -2.08. The molecule has 8 nitrogen and oxygen atoms in total. The van der Waals surface area contributed by atoms with Crippen molar-refractivity contribution < 1.29 is 4.74 Å². The van der Waals surface area contributed by atoms with E-state index in [4.69, 9.17) is 10.5 Å². The quantitative estimate of drug-likeness (QED) is 0.472. The first kappa shape index (κ1) is 17.5. The molecule has 0 unspecified atom stereocenters. The summed E-state index contributed by atoms with van der Waals surface area (Å²) in [5.74, 6) is 2.65. The first-order valence-electron chi connectivity index (χ1n) is 8.68. The van der Waals surface area contributed by atoms with E-state index >= 15 is 0 Å². The fourth-order valence-electron chi connectivity index (χ4n) is 2.75. The van der Waals surface area contributed by atoms with E-state index in [9.17, 15) is 0 Å². The lowest BCUT2D eigenvalue weighted by atomic mass is 10.1. The van der Waals surface area contributed by atoms with Crippen LogP contribution >= 0.6 is 0 Å². The second-order valence-corrected chi connectivity index (χ2v) is 6.08. The van der Waals surface area contributed by atoms with Crippen molar-refractivity contribution >= 4 is 34.2 Å². The molecule has 3 aromatic heterocycles. The van der Waals surface area contributed by atoms with Crippen molar-refractivity contribution in [2.24, 2.45) is 0 Å². The summed E-state index contributed by atoms with van der Waals surface area (Å²) < 4.78 is 5.20. The largest absolute Gasteiger partial charge is 0.497 e. The Morgan fingerprint density at radius 3 is 2.82 bits per heavy atom. The van der Waals surface area contributed by atoms with Crippen molar-refractivity contribution in [1.82, 2.24) is 19.9 Å². The van der Waals surface area contributed by atoms with Gasteiger partial charge < -0.3 is 21.1 Å². The average Bonchev–Trinajstić information content (AvgIpc) is 2.74. The van der Waals surface area contributed by atoms with E-state index in [1.807, 2.05) is 24.3 Å². The maximum Gasteiger partial charge on any atom is 0.171 e. The number of nitrogens with zero attached hydrogens (tertiary/aromatic N) is 4. The van der Waals surface area contributed by atoms with Gasteiger partial charge in [-0.3, -0.25) is 4.98 Å². The molecule has 4 aromatic rings. The summed E-state index contributed by atoms with van der Waals surface area (Å²) in [5, 5.41) is 7.42. The highest BCUT2D eigenvalue weighted by molar-refractivity contribution is 5.79. The third-order valence-electron chi connectivity index (χ3n) is 4.15. The SMILES string of the molecule is COc1ccnc(Nc2cnc(N)c(NCc3ccc4ncccc4c3)n2)c1. The summed E-state index contributed by atoms with van der Waals surface area (Å²) in [6.07, 6.45) is 5.00. The number of nitrogens with two attached hydrogens (primary N) is 1. The maximum absolute atomic E-state index is 5.97. The lowest BCUT2D eigenvalue weighted by Gasteiger charge is -2.11. The standard InChI is InChI=1S/C20H19N7O/c1-28-15-6-8-23-17(10-15)26-18-12-24-19(21)20(27-18)25-11-13-4-5-16-14(9-13)3-2-7-22-16/h2-10,12H,11H2,1H3,(H2,21,24)(H2,23,25,26,27). The van der Waals surface area contributed by atoms with Gasteiger partial charge in [0.1, 0.15) is 11.6 Å². The molecule has 4 N–H and O–H groups in total. The molecule has 0 aliphatic rings. The number of methoxy groups -OCH3 is 1. The highest BCUT2D eigenvalue weighted by Crippen LogP contribution is 2.21. The molecule has 0 aliphatic carbocycles. The Bertz CT molecular complexity index is 1120. The molecule has 3 heterocycles. The van der Waals surface area contributed by atoms with E-state index in [0.717, 1.165) is 16.5 Å². The minimum atomic E-state index is 0.326. The maximum atomic E-state index is 5.97. The number of hydrogen-bond donors (Lipinski definition) is 3. The molecule has 0 saturated heterocycles. The van der Waals surface area contributed by atoms with Crippen molar-refractivity contribution in [2.45, 2.75) is 6.54 Å². The zero-order valence-electron chi connectivity index (χ0n) is 15.3. The fourth-order valence-corrected chi connectivity index (χ4v) is 2.75. The van der Waals surface area contributed by atoms with Crippen LogP contribution in [-0.2, 0) is 6.54 Å². The van der Waals surface area contributed by atoms with Crippen LogP contribution in [0.4, 0.5) is 23.3 Å². The topological polar surface area (TPSA) is 111 Å². The fraction of sp³-hybridized carbons (Fsp3) is 0.100.